The molecule has 0 spiro atoms. The number of hydrogen-bond donors (Lipinski definition) is 1. The van der Waals surface area contributed by atoms with Gasteiger partial charge in [0, 0.05) is 23.4 Å². The molecule has 0 bridgehead atoms. The summed E-state index contributed by atoms with van der Waals surface area (Å²) >= 11 is 0. The quantitative estimate of drug-likeness (QED) is 0.424. The number of benzene rings is 2. The molecule has 0 saturated heterocycles. The third-order valence-electron chi connectivity index (χ3n) is 3.74. The van der Waals surface area contributed by atoms with E-state index < -0.39 is 4.92 Å². The molecular formula is C19H17N5O2. The number of nitrogens with one attached hydrogen (secondary N) is 1. The largest absolute Gasteiger partial charge is 0.269 e. The minimum Gasteiger partial charge on any atom is -0.258 e. The second kappa shape index (κ2) is 7.52. The van der Waals surface area contributed by atoms with Gasteiger partial charge in [0.05, 0.1) is 16.3 Å². The van der Waals surface area contributed by atoms with Gasteiger partial charge in [0.25, 0.3) is 5.69 Å². The van der Waals surface area contributed by atoms with E-state index in [2.05, 4.69) is 20.5 Å². The van der Waals surface area contributed by atoms with E-state index in [0.29, 0.717) is 11.7 Å². The number of aromatic nitrogens is 2. The average Bonchev–Trinajstić information content (AvgIpc) is 2.66. The minimum absolute atomic E-state index is 0.0454. The van der Waals surface area contributed by atoms with E-state index in [1.165, 1.54) is 12.1 Å². The van der Waals surface area contributed by atoms with Crippen LogP contribution in [-0.2, 0) is 0 Å². The predicted octanol–water partition coefficient (Wildman–Crippen LogP) is 4.20. The first-order valence-corrected chi connectivity index (χ1v) is 7.99. The number of anilines is 1. The average molecular weight is 347 g/mol. The van der Waals surface area contributed by atoms with E-state index in [0.717, 1.165) is 22.5 Å². The molecule has 26 heavy (non-hydrogen) atoms. The highest BCUT2D eigenvalue weighted by molar-refractivity contribution is 5.99. The van der Waals surface area contributed by atoms with Gasteiger partial charge in [-0.05, 0) is 37.6 Å². The highest BCUT2D eigenvalue weighted by Gasteiger charge is 2.07. The maximum absolute atomic E-state index is 10.7. The Bertz CT molecular complexity index is 953. The van der Waals surface area contributed by atoms with Crippen LogP contribution in [0.4, 0.5) is 11.6 Å². The lowest BCUT2D eigenvalue weighted by Crippen LogP contribution is -2.04. The van der Waals surface area contributed by atoms with Crippen LogP contribution < -0.4 is 5.43 Å². The smallest absolute Gasteiger partial charge is 0.258 e. The summed E-state index contributed by atoms with van der Waals surface area (Å²) in [5.41, 5.74) is 6.99. The van der Waals surface area contributed by atoms with Crippen LogP contribution in [0.25, 0.3) is 11.3 Å². The molecule has 0 atom stereocenters. The van der Waals surface area contributed by atoms with Crippen LogP contribution in [0.1, 0.15) is 18.2 Å². The molecule has 3 aromatic rings. The number of hydrazone groups is 1. The number of aryl methyl sites for hydroxylation is 1. The van der Waals surface area contributed by atoms with Gasteiger partial charge in [-0.2, -0.15) is 5.10 Å². The number of nitro groups is 1. The Morgan fingerprint density at radius 1 is 1.08 bits per heavy atom. The van der Waals surface area contributed by atoms with Gasteiger partial charge in [0.2, 0.25) is 5.95 Å². The third kappa shape index (κ3) is 4.07. The normalized spacial score (nSPS) is 11.2. The van der Waals surface area contributed by atoms with Crippen LogP contribution in [0.5, 0.6) is 0 Å². The van der Waals surface area contributed by atoms with E-state index in [1.807, 2.05) is 50.2 Å². The molecule has 0 radical (unpaired) electrons. The van der Waals surface area contributed by atoms with Crippen molar-refractivity contribution in [2.75, 3.05) is 5.43 Å². The van der Waals surface area contributed by atoms with Crippen LogP contribution in [0.3, 0.4) is 0 Å². The van der Waals surface area contributed by atoms with Gasteiger partial charge in [-0.3, -0.25) is 10.1 Å². The fourth-order valence-corrected chi connectivity index (χ4v) is 2.40. The molecule has 0 amide bonds. The van der Waals surface area contributed by atoms with Gasteiger partial charge < -0.3 is 0 Å². The van der Waals surface area contributed by atoms with Crippen LogP contribution >= 0.6 is 0 Å². The maximum Gasteiger partial charge on any atom is 0.269 e. The Morgan fingerprint density at radius 2 is 1.77 bits per heavy atom. The molecule has 1 heterocycles. The van der Waals surface area contributed by atoms with Gasteiger partial charge in [-0.1, -0.05) is 30.3 Å². The zero-order valence-corrected chi connectivity index (χ0v) is 14.4. The van der Waals surface area contributed by atoms with E-state index in [1.54, 1.807) is 12.1 Å². The summed E-state index contributed by atoms with van der Waals surface area (Å²) in [6.07, 6.45) is 0. The Hall–Kier alpha value is -3.61. The highest BCUT2D eigenvalue weighted by atomic mass is 16.6. The molecule has 0 aliphatic heterocycles. The van der Waals surface area contributed by atoms with Crippen molar-refractivity contribution in [2.45, 2.75) is 13.8 Å². The van der Waals surface area contributed by atoms with Crippen LogP contribution in [0, 0.1) is 17.0 Å². The van der Waals surface area contributed by atoms with Gasteiger partial charge >= 0.3 is 0 Å². The van der Waals surface area contributed by atoms with Crippen molar-refractivity contribution in [2.24, 2.45) is 5.10 Å². The lowest BCUT2D eigenvalue weighted by molar-refractivity contribution is -0.384. The molecular weight excluding hydrogens is 330 g/mol. The number of nitrogens with zero attached hydrogens (tertiary/aromatic N) is 4. The zero-order valence-electron chi connectivity index (χ0n) is 14.4. The first kappa shape index (κ1) is 17.2. The topological polar surface area (TPSA) is 93.3 Å². The van der Waals surface area contributed by atoms with Crippen molar-refractivity contribution in [1.29, 1.82) is 0 Å². The monoisotopic (exact) mass is 347 g/mol. The van der Waals surface area contributed by atoms with Crippen molar-refractivity contribution in [3.05, 3.63) is 82.0 Å². The van der Waals surface area contributed by atoms with Crippen molar-refractivity contribution in [3.63, 3.8) is 0 Å². The SMILES string of the molecule is C/C(=N/Nc1nc(C)cc(-c2ccccc2)n1)c1ccc([N+](=O)[O-])cc1. The second-order valence-corrected chi connectivity index (χ2v) is 5.70. The lowest BCUT2D eigenvalue weighted by Gasteiger charge is -2.06. The van der Waals surface area contributed by atoms with Gasteiger partial charge in [0.1, 0.15) is 0 Å². The highest BCUT2D eigenvalue weighted by Crippen LogP contribution is 2.19. The predicted molar refractivity (Wildman–Crippen MR) is 101 cm³/mol. The van der Waals surface area contributed by atoms with Crippen molar-refractivity contribution in [1.82, 2.24) is 9.97 Å². The number of nitro benzene ring substituents is 1. The molecule has 0 aliphatic carbocycles. The summed E-state index contributed by atoms with van der Waals surface area (Å²) in [5.74, 6) is 0.394. The van der Waals surface area contributed by atoms with E-state index in [9.17, 15) is 10.1 Å². The van der Waals surface area contributed by atoms with Crippen molar-refractivity contribution in [3.8, 4) is 11.3 Å². The summed E-state index contributed by atoms with van der Waals surface area (Å²) in [6, 6.07) is 18.0. The van der Waals surface area contributed by atoms with Crippen LogP contribution in [0.2, 0.25) is 0 Å². The first-order valence-electron chi connectivity index (χ1n) is 7.99. The van der Waals surface area contributed by atoms with Crippen molar-refractivity contribution < 1.29 is 4.92 Å². The summed E-state index contributed by atoms with van der Waals surface area (Å²) in [5, 5.41) is 15.0. The molecule has 0 aliphatic rings. The molecule has 0 fully saturated rings. The molecule has 1 N–H and O–H groups in total. The molecule has 7 heteroatoms. The maximum atomic E-state index is 10.7. The van der Waals surface area contributed by atoms with Gasteiger partial charge in [-0.25, -0.2) is 15.4 Å². The van der Waals surface area contributed by atoms with Gasteiger partial charge in [0.15, 0.2) is 0 Å². The van der Waals surface area contributed by atoms with E-state index in [4.69, 9.17) is 0 Å². The summed E-state index contributed by atoms with van der Waals surface area (Å²) < 4.78 is 0. The summed E-state index contributed by atoms with van der Waals surface area (Å²) in [4.78, 5) is 19.1. The van der Waals surface area contributed by atoms with Gasteiger partial charge in [-0.15, -0.1) is 0 Å². The van der Waals surface area contributed by atoms with Crippen LogP contribution in [0.15, 0.2) is 65.8 Å². The van der Waals surface area contributed by atoms with E-state index in [-0.39, 0.29) is 5.69 Å². The lowest BCUT2D eigenvalue weighted by atomic mass is 10.1. The molecule has 0 unspecified atom stereocenters. The Kier molecular flexibility index (Phi) is 4.98. The third-order valence-corrected chi connectivity index (χ3v) is 3.74. The van der Waals surface area contributed by atoms with Crippen LogP contribution in [-0.4, -0.2) is 20.6 Å². The molecule has 7 nitrogen and oxygen atoms in total. The zero-order chi connectivity index (χ0) is 18.5. The van der Waals surface area contributed by atoms with Crippen molar-refractivity contribution >= 4 is 17.3 Å². The Morgan fingerprint density at radius 3 is 2.42 bits per heavy atom. The standard InChI is InChI=1S/C19H17N5O2/c1-13-12-18(16-6-4-3-5-7-16)21-19(20-13)23-22-14(2)15-8-10-17(11-9-15)24(25)26/h3-12H,1-2H3,(H,20,21,23)/b22-14-. The first-order chi connectivity index (χ1) is 12.5. The second-order valence-electron chi connectivity index (χ2n) is 5.70. The number of hydrogen-bond acceptors (Lipinski definition) is 6. The Labute approximate surface area is 150 Å². The summed E-state index contributed by atoms with van der Waals surface area (Å²) in [6.45, 7) is 3.70. The van der Waals surface area contributed by atoms with E-state index >= 15 is 0 Å². The molecule has 3 rings (SSSR count). The number of rotatable bonds is 5. The molecule has 130 valence electrons. The summed E-state index contributed by atoms with van der Waals surface area (Å²) in [7, 11) is 0. The fraction of sp³-hybridized carbons (Fsp3) is 0.105. The molecule has 0 saturated carbocycles. The molecule has 2 aromatic carbocycles. The minimum atomic E-state index is -0.430. The number of non-ortho nitro benzene ring substituents is 1. The fourth-order valence-electron chi connectivity index (χ4n) is 2.40. The molecule has 1 aromatic heterocycles. The Balaban J connectivity index is 1.81.